The van der Waals surface area contributed by atoms with E-state index in [9.17, 15) is 0 Å². The first kappa shape index (κ1) is 12.3. The average molecular weight is 237 g/mol. The number of benzene rings is 2. The molecule has 0 amide bonds. The lowest BCUT2D eigenvalue weighted by atomic mass is 10.1. The molecule has 18 heavy (non-hydrogen) atoms. The van der Waals surface area contributed by atoms with Crippen LogP contribution >= 0.6 is 0 Å². The van der Waals surface area contributed by atoms with Crippen LogP contribution in [0.4, 0.5) is 0 Å². The predicted molar refractivity (Wildman–Crippen MR) is 70.8 cm³/mol. The summed E-state index contributed by atoms with van der Waals surface area (Å²) in [5.41, 5.74) is 2.76. The lowest BCUT2D eigenvalue weighted by Crippen LogP contribution is -2.01. The Labute approximate surface area is 107 Å². The smallest absolute Gasteiger partial charge is 0.0995 e. The molecule has 0 aliphatic rings. The first-order valence-electron chi connectivity index (χ1n) is 5.96. The third kappa shape index (κ3) is 2.97. The van der Waals surface area contributed by atoms with E-state index in [0.29, 0.717) is 12.2 Å². The summed E-state index contributed by atoms with van der Waals surface area (Å²) in [4.78, 5) is 0. The summed E-state index contributed by atoms with van der Waals surface area (Å²) in [6.45, 7) is 2.48. The van der Waals surface area contributed by atoms with Crippen molar-refractivity contribution in [2.45, 2.75) is 19.6 Å². The van der Waals surface area contributed by atoms with E-state index in [1.165, 1.54) is 0 Å². The van der Waals surface area contributed by atoms with Crippen molar-refractivity contribution in [1.82, 2.24) is 0 Å². The first-order chi connectivity index (χ1) is 8.81. The molecular formula is C16H15NO. The highest BCUT2D eigenvalue weighted by atomic mass is 16.5. The van der Waals surface area contributed by atoms with Gasteiger partial charge in [-0.1, -0.05) is 48.5 Å². The lowest BCUT2D eigenvalue weighted by molar-refractivity contribution is 0.0524. The van der Waals surface area contributed by atoms with Gasteiger partial charge >= 0.3 is 0 Å². The van der Waals surface area contributed by atoms with Crippen molar-refractivity contribution in [3.63, 3.8) is 0 Å². The molecule has 2 rings (SSSR count). The molecule has 0 radical (unpaired) electrons. The molecule has 0 aromatic heterocycles. The molecule has 1 atom stereocenters. The highest BCUT2D eigenvalue weighted by molar-refractivity contribution is 5.36. The molecule has 0 N–H and O–H groups in total. The predicted octanol–water partition coefficient (Wildman–Crippen LogP) is 3.84. The van der Waals surface area contributed by atoms with Gasteiger partial charge in [-0.25, -0.2) is 0 Å². The maximum absolute atomic E-state index is 9.00. The number of ether oxygens (including phenoxy) is 1. The summed E-state index contributed by atoms with van der Waals surface area (Å²) in [5.74, 6) is 0. The quantitative estimate of drug-likeness (QED) is 0.809. The van der Waals surface area contributed by atoms with E-state index in [2.05, 4.69) is 6.07 Å². The molecule has 2 nitrogen and oxygen atoms in total. The summed E-state index contributed by atoms with van der Waals surface area (Å²) in [5, 5.41) is 9.00. The van der Waals surface area contributed by atoms with Gasteiger partial charge in [-0.05, 0) is 24.1 Å². The topological polar surface area (TPSA) is 33.0 Å². The minimum Gasteiger partial charge on any atom is -0.369 e. The number of rotatable bonds is 4. The van der Waals surface area contributed by atoms with Crippen molar-refractivity contribution in [3.05, 3.63) is 71.3 Å². The Balaban J connectivity index is 2.02. The molecule has 1 unspecified atom stereocenters. The standard InChI is InChI=1S/C16H15NO/c1-13(14-7-3-2-4-8-14)18-12-16-10-6-5-9-15(16)11-17/h2-10,13H,12H2,1H3. The molecule has 0 saturated carbocycles. The van der Waals surface area contributed by atoms with Crippen molar-refractivity contribution < 1.29 is 4.74 Å². The zero-order valence-corrected chi connectivity index (χ0v) is 10.3. The number of hydrogen-bond donors (Lipinski definition) is 0. The maximum Gasteiger partial charge on any atom is 0.0995 e. The Bertz CT molecular complexity index is 543. The summed E-state index contributed by atoms with van der Waals surface area (Å²) in [6.07, 6.45) is 0.0259. The van der Waals surface area contributed by atoms with Gasteiger partial charge in [0.25, 0.3) is 0 Å². The molecule has 0 saturated heterocycles. The number of nitriles is 1. The van der Waals surface area contributed by atoms with Gasteiger partial charge in [0.15, 0.2) is 0 Å². The molecule has 0 heterocycles. The second-order valence-electron chi connectivity index (χ2n) is 4.13. The summed E-state index contributed by atoms with van der Waals surface area (Å²) >= 11 is 0. The molecule has 2 aromatic carbocycles. The van der Waals surface area contributed by atoms with Gasteiger partial charge in [-0.15, -0.1) is 0 Å². The van der Waals surface area contributed by atoms with Crippen LogP contribution in [0.15, 0.2) is 54.6 Å². The van der Waals surface area contributed by atoms with Gasteiger partial charge in [0.2, 0.25) is 0 Å². The van der Waals surface area contributed by atoms with Crippen molar-refractivity contribution in [3.8, 4) is 6.07 Å². The fraction of sp³-hybridized carbons (Fsp3) is 0.188. The van der Waals surface area contributed by atoms with Crippen LogP contribution in [-0.4, -0.2) is 0 Å². The van der Waals surface area contributed by atoms with E-state index in [4.69, 9.17) is 10.00 Å². The SMILES string of the molecule is CC(OCc1ccccc1C#N)c1ccccc1. The Morgan fingerprint density at radius 2 is 1.72 bits per heavy atom. The molecular weight excluding hydrogens is 222 g/mol. The number of nitrogens with zero attached hydrogens (tertiary/aromatic N) is 1. The molecule has 0 aliphatic heterocycles. The van der Waals surface area contributed by atoms with Gasteiger partial charge in [-0.3, -0.25) is 0 Å². The Kier molecular flexibility index (Phi) is 4.11. The van der Waals surface area contributed by atoms with Crippen LogP contribution in [0.1, 0.15) is 29.7 Å². The summed E-state index contributed by atoms with van der Waals surface area (Å²) < 4.78 is 5.81. The highest BCUT2D eigenvalue weighted by Gasteiger charge is 2.07. The molecule has 2 aromatic rings. The Morgan fingerprint density at radius 3 is 2.44 bits per heavy atom. The largest absolute Gasteiger partial charge is 0.369 e. The van der Waals surface area contributed by atoms with Gasteiger partial charge in [-0.2, -0.15) is 5.26 Å². The van der Waals surface area contributed by atoms with Crippen molar-refractivity contribution in [1.29, 1.82) is 5.26 Å². The third-order valence-electron chi connectivity index (χ3n) is 2.90. The molecule has 0 bridgehead atoms. The normalized spacial score (nSPS) is 11.8. The minimum absolute atomic E-state index is 0.0259. The van der Waals surface area contributed by atoms with Gasteiger partial charge in [0.1, 0.15) is 0 Å². The van der Waals surface area contributed by atoms with Gasteiger partial charge < -0.3 is 4.74 Å². The third-order valence-corrected chi connectivity index (χ3v) is 2.90. The zero-order valence-electron chi connectivity index (χ0n) is 10.3. The van der Waals surface area contributed by atoms with E-state index < -0.39 is 0 Å². The van der Waals surface area contributed by atoms with Crippen molar-refractivity contribution in [2.75, 3.05) is 0 Å². The fourth-order valence-electron chi connectivity index (χ4n) is 1.79. The second kappa shape index (κ2) is 6.00. The van der Waals surface area contributed by atoms with E-state index >= 15 is 0 Å². The van der Waals surface area contributed by atoms with Crippen LogP contribution in [0.2, 0.25) is 0 Å². The Hall–Kier alpha value is -2.11. The van der Waals surface area contributed by atoms with Crippen LogP contribution in [0.25, 0.3) is 0 Å². The zero-order chi connectivity index (χ0) is 12.8. The van der Waals surface area contributed by atoms with E-state index in [1.54, 1.807) is 0 Å². The Morgan fingerprint density at radius 1 is 1.06 bits per heavy atom. The van der Waals surface area contributed by atoms with Crippen LogP contribution in [0, 0.1) is 11.3 Å². The molecule has 2 heteroatoms. The molecule has 0 aliphatic carbocycles. The monoisotopic (exact) mass is 237 g/mol. The lowest BCUT2D eigenvalue weighted by Gasteiger charge is -2.13. The molecule has 0 fully saturated rings. The number of hydrogen-bond acceptors (Lipinski definition) is 2. The van der Waals surface area contributed by atoms with Crippen LogP contribution in [0.5, 0.6) is 0 Å². The van der Waals surface area contributed by atoms with E-state index in [1.807, 2.05) is 61.5 Å². The first-order valence-corrected chi connectivity index (χ1v) is 5.96. The van der Waals surface area contributed by atoms with Crippen molar-refractivity contribution >= 4 is 0 Å². The molecule has 0 spiro atoms. The van der Waals surface area contributed by atoms with E-state index in [-0.39, 0.29) is 6.10 Å². The second-order valence-corrected chi connectivity index (χ2v) is 4.13. The molecule has 90 valence electrons. The van der Waals surface area contributed by atoms with Crippen molar-refractivity contribution in [2.24, 2.45) is 0 Å². The fourth-order valence-corrected chi connectivity index (χ4v) is 1.79. The van der Waals surface area contributed by atoms with Gasteiger partial charge in [0, 0.05) is 0 Å². The maximum atomic E-state index is 9.00. The minimum atomic E-state index is 0.0259. The highest BCUT2D eigenvalue weighted by Crippen LogP contribution is 2.19. The summed E-state index contributed by atoms with van der Waals surface area (Å²) in [7, 11) is 0. The van der Waals surface area contributed by atoms with Gasteiger partial charge in [0.05, 0.1) is 24.3 Å². The van der Waals surface area contributed by atoms with Crippen LogP contribution in [0.3, 0.4) is 0 Å². The van der Waals surface area contributed by atoms with Crippen LogP contribution in [-0.2, 0) is 11.3 Å². The summed E-state index contributed by atoms with van der Waals surface area (Å²) in [6, 6.07) is 19.8. The van der Waals surface area contributed by atoms with E-state index in [0.717, 1.165) is 11.1 Å². The van der Waals surface area contributed by atoms with Crippen LogP contribution < -0.4 is 0 Å². The average Bonchev–Trinajstić information content (AvgIpc) is 2.46.